The molecule has 0 saturated heterocycles. The van der Waals surface area contributed by atoms with Gasteiger partial charge < -0.3 is 10.6 Å². The van der Waals surface area contributed by atoms with Crippen molar-refractivity contribution in [3.05, 3.63) is 23.8 Å². The van der Waals surface area contributed by atoms with Crippen LogP contribution in [-0.2, 0) is 0 Å². The van der Waals surface area contributed by atoms with E-state index in [9.17, 15) is 0 Å². The van der Waals surface area contributed by atoms with E-state index in [1.165, 1.54) is 17.7 Å². The van der Waals surface area contributed by atoms with Crippen LogP contribution >= 0.6 is 0 Å². The van der Waals surface area contributed by atoms with Crippen LogP contribution in [0.1, 0.15) is 25.8 Å². The first-order valence-corrected chi connectivity index (χ1v) is 5.57. The Hall–Kier alpha value is -1.18. The number of hydrogen-bond donors (Lipinski definition) is 1. The van der Waals surface area contributed by atoms with Crippen LogP contribution in [0.4, 0.5) is 11.4 Å². The highest BCUT2D eigenvalue weighted by atomic mass is 15.1. The van der Waals surface area contributed by atoms with E-state index in [1.54, 1.807) is 0 Å². The second-order valence-corrected chi connectivity index (χ2v) is 4.71. The Balaban J connectivity index is 2.68. The van der Waals surface area contributed by atoms with E-state index in [4.69, 9.17) is 5.73 Å². The van der Waals surface area contributed by atoms with Crippen molar-refractivity contribution in [2.45, 2.75) is 27.2 Å². The second kappa shape index (κ2) is 5.06. The summed E-state index contributed by atoms with van der Waals surface area (Å²) in [4.78, 5) is 2.27. The zero-order chi connectivity index (χ0) is 11.4. The zero-order valence-electron chi connectivity index (χ0n) is 10.2. The predicted octanol–water partition coefficient (Wildman–Crippen LogP) is 3.06. The zero-order valence-corrected chi connectivity index (χ0v) is 10.2. The average molecular weight is 206 g/mol. The molecule has 0 aliphatic rings. The van der Waals surface area contributed by atoms with Gasteiger partial charge in [0.1, 0.15) is 0 Å². The largest absolute Gasteiger partial charge is 0.399 e. The normalized spacial score (nSPS) is 10.7. The molecule has 84 valence electrons. The number of rotatable bonds is 4. The summed E-state index contributed by atoms with van der Waals surface area (Å²) in [6.45, 7) is 7.66. The predicted molar refractivity (Wildman–Crippen MR) is 68.3 cm³/mol. The van der Waals surface area contributed by atoms with Crippen LogP contribution in [0.2, 0.25) is 0 Å². The van der Waals surface area contributed by atoms with Gasteiger partial charge in [0, 0.05) is 25.0 Å². The van der Waals surface area contributed by atoms with Crippen LogP contribution in [0.3, 0.4) is 0 Å². The van der Waals surface area contributed by atoms with Crippen molar-refractivity contribution in [1.29, 1.82) is 0 Å². The molecule has 0 fully saturated rings. The number of aryl methyl sites for hydroxylation is 1. The Kier molecular flexibility index (Phi) is 4.01. The molecule has 0 saturated carbocycles. The topological polar surface area (TPSA) is 29.3 Å². The van der Waals surface area contributed by atoms with Crippen molar-refractivity contribution in [3.8, 4) is 0 Å². The molecule has 1 aromatic carbocycles. The molecule has 0 radical (unpaired) electrons. The third-order valence-electron chi connectivity index (χ3n) is 2.57. The lowest BCUT2D eigenvalue weighted by Crippen LogP contribution is -2.20. The highest BCUT2D eigenvalue weighted by Gasteiger charge is 2.03. The summed E-state index contributed by atoms with van der Waals surface area (Å²) in [5, 5.41) is 0. The van der Waals surface area contributed by atoms with Gasteiger partial charge in [-0.15, -0.1) is 0 Å². The van der Waals surface area contributed by atoms with Gasteiger partial charge >= 0.3 is 0 Å². The number of anilines is 2. The summed E-state index contributed by atoms with van der Waals surface area (Å²) < 4.78 is 0. The fraction of sp³-hybridized carbons (Fsp3) is 0.538. The minimum atomic E-state index is 0.745. The van der Waals surface area contributed by atoms with Crippen molar-refractivity contribution in [2.24, 2.45) is 5.92 Å². The first-order valence-electron chi connectivity index (χ1n) is 5.57. The van der Waals surface area contributed by atoms with E-state index >= 15 is 0 Å². The fourth-order valence-electron chi connectivity index (χ4n) is 1.59. The quantitative estimate of drug-likeness (QED) is 0.767. The van der Waals surface area contributed by atoms with Gasteiger partial charge in [-0.05, 0) is 43.0 Å². The SMILES string of the molecule is Cc1cc(N)cc(N(C)CCC(C)C)c1. The standard InChI is InChI=1S/C13H22N2/c1-10(2)5-6-15(4)13-8-11(3)7-12(14)9-13/h7-10H,5-6,14H2,1-4H3. The van der Waals surface area contributed by atoms with Crippen molar-refractivity contribution >= 4 is 11.4 Å². The molecule has 0 aromatic heterocycles. The number of hydrogen-bond acceptors (Lipinski definition) is 2. The third kappa shape index (κ3) is 3.82. The Morgan fingerprint density at radius 3 is 2.47 bits per heavy atom. The van der Waals surface area contributed by atoms with Gasteiger partial charge in [-0.2, -0.15) is 0 Å². The smallest absolute Gasteiger partial charge is 0.0386 e. The van der Waals surface area contributed by atoms with Crippen LogP contribution in [-0.4, -0.2) is 13.6 Å². The van der Waals surface area contributed by atoms with Gasteiger partial charge in [-0.1, -0.05) is 13.8 Å². The molecule has 1 rings (SSSR count). The molecule has 0 aliphatic carbocycles. The Bertz CT molecular complexity index is 298. The highest BCUT2D eigenvalue weighted by Crippen LogP contribution is 2.19. The first kappa shape index (κ1) is 11.9. The van der Waals surface area contributed by atoms with Gasteiger partial charge in [0.25, 0.3) is 0 Å². The van der Waals surface area contributed by atoms with E-state index in [0.29, 0.717) is 0 Å². The molecular weight excluding hydrogens is 184 g/mol. The Labute approximate surface area is 93.1 Å². The maximum Gasteiger partial charge on any atom is 0.0386 e. The number of nitrogens with zero attached hydrogens (tertiary/aromatic N) is 1. The van der Waals surface area contributed by atoms with Gasteiger partial charge in [0.05, 0.1) is 0 Å². The maximum atomic E-state index is 5.83. The summed E-state index contributed by atoms with van der Waals surface area (Å²) >= 11 is 0. The van der Waals surface area contributed by atoms with Gasteiger partial charge in [-0.3, -0.25) is 0 Å². The van der Waals surface area contributed by atoms with Crippen molar-refractivity contribution in [3.63, 3.8) is 0 Å². The van der Waals surface area contributed by atoms with Crippen molar-refractivity contribution < 1.29 is 0 Å². The monoisotopic (exact) mass is 206 g/mol. The Morgan fingerprint density at radius 1 is 1.27 bits per heavy atom. The minimum absolute atomic E-state index is 0.745. The van der Waals surface area contributed by atoms with Crippen molar-refractivity contribution in [2.75, 3.05) is 24.2 Å². The minimum Gasteiger partial charge on any atom is -0.399 e. The summed E-state index contributed by atoms with van der Waals surface area (Å²) in [5.74, 6) is 0.745. The molecule has 2 N–H and O–H groups in total. The second-order valence-electron chi connectivity index (χ2n) is 4.71. The number of nitrogens with two attached hydrogens (primary N) is 1. The molecule has 2 heteroatoms. The molecule has 15 heavy (non-hydrogen) atoms. The summed E-state index contributed by atoms with van der Waals surface area (Å²) in [6.07, 6.45) is 1.21. The number of nitrogen functional groups attached to an aromatic ring is 1. The lowest BCUT2D eigenvalue weighted by Gasteiger charge is -2.21. The van der Waals surface area contributed by atoms with Gasteiger partial charge in [0.2, 0.25) is 0 Å². The highest BCUT2D eigenvalue weighted by molar-refractivity contribution is 5.57. The number of benzene rings is 1. The van der Waals surface area contributed by atoms with Crippen LogP contribution < -0.4 is 10.6 Å². The molecule has 1 aromatic rings. The summed E-state index contributed by atoms with van der Waals surface area (Å²) in [5.41, 5.74) is 9.11. The van der Waals surface area contributed by atoms with E-state index in [0.717, 1.165) is 18.2 Å². The van der Waals surface area contributed by atoms with Crippen LogP contribution in [0, 0.1) is 12.8 Å². The third-order valence-corrected chi connectivity index (χ3v) is 2.57. The molecule has 0 amide bonds. The van der Waals surface area contributed by atoms with E-state index in [1.807, 2.05) is 12.1 Å². The first-order chi connectivity index (χ1) is 6.99. The van der Waals surface area contributed by atoms with Crippen LogP contribution in [0.15, 0.2) is 18.2 Å². The maximum absolute atomic E-state index is 5.83. The molecular formula is C13H22N2. The lowest BCUT2D eigenvalue weighted by molar-refractivity contribution is 0.585. The summed E-state index contributed by atoms with van der Waals surface area (Å²) in [6, 6.07) is 6.21. The van der Waals surface area contributed by atoms with E-state index in [2.05, 4.69) is 38.8 Å². The molecule has 0 spiro atoms. The van der Waals surface area contributed by atoms with Crippen molar-refractivity contribution in [1.82, 2.24) is 0 Å². The molecule has 0 unspecified atom stereocenters. The lowest BCUT2D eigenvalue weighted by atomic mass is 10.1. The van der Waals surface area contributed by atoms with Crippen LogP contribution in [0.5, 0.6) is 0 Å². The Morgan fingerprint density at radius 2 is 1.93 bits per heavy atom. The molecule has 0 aliphatic heterocycles. The summed E-state index contributed by atoms with van der Waals surface area (Å²) in [7, 11) is 2.12. The fourth-order valence-corrected chi connectivity index (χ4v) is 1.59. The molecule has 0 bridgehead atoms. The van der Waals surface area contributed by atoms with Gasteiger partial charge in [-0.25, -0.2) is 0 Å². The molecule has 0 atom stereocenters. The van der Waals surface area contributed by atoms with Crippen LogP contribution in [0.25, 0.3) is 0 Å². The average Bonchev–Trinajstić information content (AvgIpc) is 2.12. The van der Waals surface area contributed by atoms with E-state index < -0.39 is 0 Å². The van der Waals surface area contributed by atoms with E-state index in [-0.39, 0.29) is 0 Å². The van der Waals surface area contributed by atoms with Gasteiger partial charge in [0.15, 0.2) is 0 Å². The molecule has 0 heterocycles. The molecule has 2 nitrogen and oxygen atoms in total.